The lowest BCUT2D eigenvalue weighted by molar-refractivity contribution is 0.0766. The summed E-state index contributed by atoms with van der Waals surface area (Å²) in [6, 6.07) is 5.73. The maximum Gasteiger partial charge on any atom is 0.255 e. The van der Waals surface area contributed by atoms with Gasteiger partial charge in [0.05, 0.1) is 5.56 Å². The zero-order valence-corrected chi connectivity index (χ0v) is 16.5. The smallest absolute Gasteiger partial charge is 0.255 e. The van der Waals surface area contributed by atoms with E-state index in [0.717, 1.165) is 50.9 Å². The molecule has 28 heavy (non-hydrogen) atoms. The lowest BCUT2D eigenvalue weighted by Gasteiger charge is -2.31. The fourth-order valence-electron chi connectivity index (χ4n) is 4.05. The van der Waals surface area contributed by atoms with Crippen LogP contribution in [-0.4, -0.2) is 65.0 Å². The Bertz CT molecular complexity index is 781. The van der Waals surface area contributed by atoms with Crippen LogP contribution in [0.4, 0.5) is 11.8 Å². The van der Waals surface area contributed by atoms with Crippen molar-refractivity contribution in [1.29, 1.82) is 0 Å². The molecule has 0 aliphatic carbocycles. The molecule has 4 heterocycles. The predicted octanol–water partition coefficient (Wildman–Crippen LogP) is 2.46. The van der Waals surface area contributed by atoms with E-state index in [0.29, 0.717) is 18.0 Å². The van der Waals surface area contributed by atoms with E-state index in [-0.39, 0.29) is 5.91 Å². The van der Waals surface area contributed by atoms with Gasteiger partial charge in [-0.2, -0.15) is 0 Å². The number of carbonyl (C=O) groups is 1. The third-order valence-corrected chi connectivity index (χ3v) is 5.59. The molecular weight excluding hydrogens is 352 g/mol. The molecule has 148 valence electrons. The monoisotopic (exact) mass is 380 g/mol. The number of hydrogen-bond acceptors (Lipinski definition) is 6. The van der Waals surface area contributed by atoms with Crippen LogP contribution in [0.25, 0.3) is 0 Å². The average Bonchev–Trinajstić information content (AvgIpc) is 3.00. The van der Waals surface area contributed by atoms with E-state index in [1.165, 1.54) is 12.8 Å². The van der Waals surface area contributed by atoms with Crippen LogP contribution in [-0.2, 0) is 0 Å². The quantitative estimate of drug-likeness (QED) is 0.815. The van der Waals surface area contributed by atoms with E-state index in [1.54, 1.807) is 18.6 Å². The minimum atomic E-state index is 0.0573. The molecule has 2 fully saturated rings. The molecule has 1 atom stereocenters. The molecule has 2 aromatic rings. The molecule has 4 rings (SSSR count). The van der Waals surface area contributed by atoms with Crippen molar-refractivity contribution in [2.75, 3.05) is 49.1 Å². The van der Waals surface area contributed by atoms with Crippen LogP contribution in [0.5, 0.6) is 0 Å². The highest BCUT2D eigenvalue weighted by Gasteiger charge is 2.22. The van der Waals surface area contributed by atoms with Gasteiger partial charge >= 0.3 is 0 Å². The maximum atomic E-state index is 13.0. The normalized spacial score (nSPS) is 20.8. The summed E-state index contributed by atoms with van der Waals surface area (Å²) in [6.07, 6.45) is 8.64. The van der Waals surface area contributed by atoms with Gasteiger partial charge in [-0.1, -0.05) is 6.92 Å². The molecule has 7 nitrogen and oxygen atoms in total. The minimum Gasteiger partial charge on any atom is -0.356 e. The number of nitrogens with zero attached hydrogens (tertiary/aromatic N) is 6. The standard InChI is InChI=1S/C21H28N6O/c1-17-5-2-10-27(16-17)19-7-6-18(15-24-19)20(28)25-11-4-12-26(14-13-25)21-22-8-3-9-23-21/h3,6-9,15,17H,2,4-5,10-14,16H2,1H3. The Kier molecular flexibility index (Phi) is 5.69. The summed E-state index contributed by atoms with van der Waals surface area (Å²) < 4.78 is 0. The number of aromatic nitrogens is 3. The molecule has 2 aliphatic rings. The van der Waals surface area contributed by atoms with Crippen LogP contribution < -0.4 is 9.80 Å². The van der Waals surface area contributed by atoms with Gasteiger partial charge in [0.1, 0.15) is 5.82 Å². The summed E-state index contributed by atoms with van der Waals surface area (Å²) in [5.41, 5.74) is 0.665. The highest BCUT2D eigenvalue weighted by Crippen LogP contribution is 2.21. The first-order valence-corrected chi connectivity index (χ1v) is 10.2. The fraction of sp³-hybridized carbons (Fsp3) is 0.524. The largest absolute Gasteiger partial charge is 0.356 e. The second kappa shape index (κ2) is 8.54. The first-order valence-electron chi connectivity index (χ1n) is 10.2. The number of amides is 1. The Balaban J connectivity index is 1.39. The van der Waals surface area contributed by atoms with Gasteiger partial charge in [0, 0.05) is 57.9 Å². The molecule has 2 saturated heterocycles. The van der Waals surface area contributed by atoms with E-state index in [9.17, 15) is 4.79 Å². The van der Waals surface area contributed by atoms with Gasteiger partial charge in [-0.25, -0.2) is 15.0 Å². The van der Waals surface area contributed by atoms with Gasteiger partial charge < -0.3 is 14.7 Å². The van der Waals surface area contributed by atoms with Crippen molar-refractivity contribution in [2.24, 2.45) is 5.92 Å². The molecule has 1 amide bonds. The number of piperidine rings is 1. The van der Waals surface area contributed by atoms with Gasteiger partial charge in [-0.3, -0.25) is 4.79 Å². The van der Waals surface area contributed by atoms with Gasteiger partial charge in [0.2, 0.25) is 5.95 Å². The first-order chi connectivity index (χ1) is 13.7. The molecular formula is C21H28N6O. The van der Waals surface area contributed by atoms with Crippen LogP contribution >= 0.6 is 0 Å². The fourth-order valence-corrected chi connectivity index (χ4v) is 4.05. The molecule has 0 spiro atoms. The van der Waals surface area contributed by atoms with Crippen molar-refractivity contribution < 1.29 is 4.79 Å². The highest BCUT2D eigenvalue weighted by atomic mass is 16.2. The first kappa shape index (κ1) is 18.7. The van der Waals surface area contributed by atoms with E-state index in [4.69, 9.17) is 0 Å². The molecule has 0 N–H and O–H groups in total. The topological polar surface area (TPSA) is 65.5 Å². The number of carbonyl (C=O) groups excluding carboxylic acids is 1. The van der Waals surface area contributed by atoms with Crippen molar-refractivity contribution >= 4 is 17.7 Å². The summed E-state index contributed by atoms with van der Waals surface area (Å²) in [5.74, 6) is 2.47. The van der Waals surface area contributed by atoms with E-state index in [1.807, 2.05) is 23.1 Å². The van der Waals surface area contributed by atoms with Gasteiger partial charge in [0.25, 0.3) is 5.91 Å². The zero-order valence-electron chi connectivity index (χ0n) is 16.5. The third-order valence-electron chi connectivity index (χ3n) is 5.59. The molecule has 1 unspecified atom stereocenters. The van der Waals surface area contributed by atoms with Crippen molar-refractivity contribution in [3.8, 4) is 0 Å². The molecule has 0 saturated carbocycles. The summed E-state index contributed by atoms with van der Waals surface area (Å²) in [6.45, 7) is 7.40. The third kappa shape index (κ3) is 4.24. The summed E-state index contributed by atoms with van der Waals surface area (Å²) in [7, 11) is 0. The van der Waals surface area contributed by atoms with E-state index < -0.39 is 0 Å². The van der Waals surface area contributed by atoms with Gasteiger partial charge in [0.15, 0.2) is 0 Å². The second-order valence-electron chi connectivity index (χ2n) is 7.78. The molecule has 7 heteroatoms. The van der Waals surface area contributed by atoms with Crippen LogP contribution in [0.3, 0.4) is 0 Å². The lowest BCUT2D eigenvalue weighted by Crippen LogP contribution is -2.36. The van der Waals surface area contributed by atoms with Crippen molar-refractivity contribution in [3.05, 3.63) is 42.4 Å². The Hall–Kier alpha value is -2.70. The SMILES string of the molecule is CC1CCCN(c2ccc(C(=O)N3CCCN(c4ncccn4)CC3)cn2)C1. The second-order valence-corrected chi connectivity index (χ2v) is 7.78. The van der Waals surface area contributed by atoms with Crippen LogP contribution in [0, 0.1) is 5.92 Å². The molecule has 2 aliphatic heterocycles. The molecule has 0 radical (unpaired) electrons. The van der Waals surface area contributed by atoms with Crippen LogP contribution in [0.2, 0.25) is 0 Å². The predicted molar refractivity (Wildman–Crippen MR) is 110 cm³/mol. The van der Waals surface area contributed by atoms with E-state index >= 15 is 0 Å². The lowest BCUT2D eigenvalue weighted by atomic mass is 10.0. The molecule has 2 aromatic heterocycles. The Morgan fingerprint density at radius 1 is 0.964 bits per heavy atom. The number of anilines is 2. The van der Waals surface area contributed by atoms with Crippen LogP contribution in [0.15, 0.2) is 36.8 Å². The number of hydrogen-bond donors (Lipinski definition) is 0. The summed E-state index contributed by atoms with van der Waals surface area (Å²) in [5, 5.41) is 0. The van der Waals surface area contributed by atoms with Crippen molar-refractivity contribution in [1.82, 2.24) is 19.9 Å². The zero-order chi connectivity index (χ0) is 19.3. The summed E-state index contributed by atoms with van der Waals surface area (Å²) in [4.78, 5) is 32.6. The van der Waals surface area contributed by atoms with Crippen LogP contribution in [0.1, 0.15) is 36.5 Å². The molecule has 0 bridgehead atoms. The van der Waals surface area contributed by atoms with Gasteiger partial charge in [-0.15, -0.1) is 0 Å². The number of pyridine rings is 1. The number of rotatable bonds is 3. The summed E-state index contributed by atoms with van der Waals surface area (Å²) >= 11 is 0. The molecule has 0 aromatic carbocycles. The van der Waals surface area contributed by atoms with Crippen molar-refractivity contribution in [2.45, 2.75) is 26.2 Å². The Morgan fingerprint density at radius 3 is 2.54 bits per heavy atom. The average molecular weight is 380 g/mol. The maximum absolute atomic E-state index is 13.0. The highest BCUT2D eigenvalue weighted by molar-refractivity contribution is 5.94. The van der Waals surface area contributed by atoms with Crippen molar-refractivity contribution in [3.63, 3.8) is 0 Å². The van der Waals surface area contributed by atoms with E-state index in [2.05, 4.69) is 31.7 Å². The van der Waals surface area contributed by atoms with Gasteiger partial charge in [-0.05, 0) is 43.4 Å². The Morgan fingerprint density at radius 2 is 1.79 bits per heavy atom. The Labute approximate surface area is 166 Å². The minimum absolute atomic E-state index is 0.0573.